The van der Waals surface area contributed by atoms with Crippen LogP contribution in [0, 0.1) is 0 Å². The fraction of sp³-hybridized carbons (Fsp3) is 0.429. The predicted octanol–water partition coefficient (Wildman–Crippen LogP) is 4.15. The summed E-state index contributed by atoms with van der Waals surface area (Å²) < 4.78 is 19.0. The minimum Gasteiger partial charge on any atom is -0.461 e. The molecule has 3 aromatic carbocycles. The number of aromatic nitrogens is 3. The number of nitrogens with one attached hydrogen (secondary N) is 1. The number of hydrogen-bond acceptors (Lipinski definition) is 9. The van der Waals surface area contributed by atoms with Crippen molar-refractivity contribution in [3.8, 4) is 11.3 Å². The number of aliphatic hydroxyl groups excluding tert-OH is 2. The maximum Gasteiger partial charge on any atom is 0.306 e. The van der Waals surface area contributed by atoms with E-state index >= 15 is 0 Å². The summed E-state index contributed by atoms with van der Waals surface area (Å²) in [5.74, 6) is -0.567. The first-order valence-electron chi connectivity index (χ1n) is 15.9. The molecule has 5 unspecified atom stereocenters. The number of carbonyl (C=O) groups is 2. The molecule has 0 radical (unpaired) electrons. The van der Waals surface area contributed by atoms with E-state index < -0.39 is 30.6 Å². The lowest BCUT2D eigenvalue weighted by Gasteiger charge is -2.42. The third-order valence-corrected chi connectivity index (χ3v) is 8.07. The van der Waals surface area contributed by atoms with Crippen molar-refractivity contribution in [3.05, 3.63) is 84.6 Å². The molecule has 11 nitrogen and oxygen atoms in total. The maximum atomic E-state index is 12.0. The average molecular weight is 631 g/mol. The van der Waals surface area contributed by atoms with Crippen molar-refractivity contribution < 1.29 is 34.0 Å². The van der Waals surface area contributed by atoms with Gasteiger partial charge in [-0.25, -0.2) is 4.68 Å². The van der Waals surface area contributed by atoms with Gasteiger partial charge in [-0.3, -0.25) is 9.59 Å². The molecular weight excluding hydrogens is 588 g/mol. The van der Waals surface area contributed by atoms with Crippen LogP contribution in [-0.4, -0.2) is 74.3 Å². The molecule has 0 spiro atoms. The van der Waals surface area contributed by atoms with Crippen LogP contribution in [0.2, 0.25) is 0 Å². The quantitative estimate of drug-likeness (QED) is 0.130. The number of amides is 1. The third-order valence-electron chi connectivity index (χ3n) is 8.07. The molecule has 0 saturated carbocycles. The summed E-state index contributed by atoms with van der Waals surface area (Å²) in [6.07, 6.45) is 1.91. The second-order valence-corrected chi connectivity index (χ2v) is 11.7. The van der Waals surface area contributed by atoms with Gasteiger partial charge < -0.3 is 29.7 Å². The smallest absolute Gasteiger partial charge is 0.306 e. The molecule has 0 bridgehead atoms. The fourth-order valence-corrected chi connectivity index (χ4v) is 5.58. The Morgan fingerprint density at radius 1 is 0.913 bits per heavy atom. The van der Waals surface area contributed by atoms with Crippen molar-refractivity contribution in [2.75, 3.05) is 6.61 Å². The van der Waals surface area contributed by atoms with Gasteiger partial charge in [0.05, 0.1) is 12.7 Å². The van der Waals surface area contributed by atoms with E-state index in [2.05, 4.69) is 15.6 Å². The summed E-state index contributed by atoms with van der Waals surface area (Å²) in [5.41, 5.74) is 2.55. The minimum atomic E-state index is -1.31. The van der Waals surface area contributed by atoms with E-state index in [-0.39, 0.29) is 25.0 Å². The van der Waals surface area contributed by atoms with E-state index in [1.807, 2.05) is 72.8 Å². The number of rotatable bonds is 15. The molecule has 1 saturated heterocycles. The van der Waals surface area contributed by atoms with Gasteiger partial charge in [-0.05, 0) is 35.2 Å². The number of esters is 1. The summed E-state index contributed by atoms with van der Waals surface area (Å²) in [7, 11) is 0. The Labute approximate surface area is 268 Å². The highest BCUT2D eigenvalue weighted by molar-refractivity contribution is 5.86. The van der Waals surface area contributed by atoms with E-state index in [9.17, 15) is 19.8 Å². The Kier molecular flexibility index (Phi) is 11.9. The standard InChI is InChI=1S/C35H42N4O7/c1-24(40)36-32-34(43)33(42)30(22-39-21-29(37-38-39)28-18-17-26-14-9-10-15-27(26)20-28)46-35(32)44-19-11-4-2-3-8-16-31(41)45-23-25-12-6-5-7-13-25/h5-7,9-10,12-15,17-18,20-21,30,32-35,42-43H,2-4,8,11,16,19,22-23H2,1H3,(H,36,40). The first kappa shape index (κ1) is 33.2. The zero-order valence-corrected chi connectivity index (χ0v) is 26.0. The lowest BCUT2D eigenvalue weighted by molar-refractivity contribution is -0.267. The molecule has 4 aromatic rings. The molecule has 5 atom stereocenters. The monoisotopic (exact) mass is 630 g/mol. The van der Waals surface area contributed by atoms with E-state index in [1.165, 1.54) is 6.92 Å². The number of aliphatic hydroxyl groups is 2. The van der Waals surface area contributed by atoms with Crippen LogP contribution in [0.4, 0.5) is 0 Å². The second kappa shape index (κ2) is 16.4. The Morgan fingerprint density at radius 3 is 2.46 bits per heavy atom. The Morgan fingerprint density at radius 2 is 1.65 bits per heavy atom. The van der Waals surface area contributed by atoms with Gasteiger partial charge in [0.2, 0.25) is 5.91 Å². The first-order valence-corrected chi connectivity index (χ1v) is 15.9. The summed E-state index contributed by atoms with van der Waals surface area (Å²) in [6.45, 7) is 2.09. The van der Waals surface area contributed by atoms with Gasteiger partial charge in [0.25, 0.3) is 0 Å². The van der Waals surface area contributed by atoms with Gasteiger partial charge in [0.1, 0.15) is 36.7 Å². The number of benzene rings is 3. The van der Waals surface area contributed by atoms with Crippen LogP contribution < -0.4 is 5.32 Å². The number of fused-ring (bicyclic) bond motifs is 1. The molecule has 244 valence electrons. The van der Waals surface area contributed by atoms with Gasteiger partial charge in [0.15, 0.2) is 6.29 Å². The second-order valence-electron chi connectivity index (χ2n) is 11.7. The third kappa shape index (κ3) is 9.20. The fourth-order valence-electron chi connectivity index (χ4n) is 5.58. The van der Waals surface area contributed by atoms with E-state index in [0.717, 1.165) is 54.0 Å². The van der Waals surface area contributed by atoms with Crippen molar-refractivity contribution in [2.45, 2.75) is 89.2 Å². The molecule has 3 N–H and O–H groups in total. The van der Waals surface area contributed by atoms with E-state index in [1.54, 1.807) is 10.9 Å². The molecular formula is C35H42N4O7. The number of nitrogens with zero attached hydrogens (tertiary/aromatic N) is 3. The molecule has 1 aliphatic heterocycles. The summed E-state index contributed by atoms with van der Waals surface area (Å²) in [6, 6.07) is 22.8. The largest absolute Gasteiger partial charge is 0.461 e. The molecule has 11 heteroatoms. The minimum absolute atomic E-state index is 0.124. The normalized spacial score (nSPS) is 21.2. The van der Waals surface area contributed by atoms with Gasteiger partial charge in [-0.15, -0.1) is 5.10 Å². The predicted molar refractivity (Wildman–Crippen MR) is 171 cm³/mol. The molecule has 1 fully saturated rings. The number of unbranched alkanes of at least 4 members (excludes halogenated alkanes) is 4. The van der Waals surface area contributed by atoms with Crippen molar-refractivity contribution in [1.29, 1.82) is 0 Å². The van der Waals surface area contributed by atoms with Gasteiger partial charge in [-0.2, -0.15) is 0 Å². The van der Waals surface area contributed by atoms with Gasteiger partial charge in [0, 0.05) is 25.5 Å². The number of ether oxygens (including phenoxy) is 3. The van der Waals surface area contributed by atoms with Crippen molar-refractivity contribution in [3.63, 3.8) is 0 Å². The van der Waals surface area contributed by atoms with Crippen LogP contribution in [0.3, 0.4) is 0 Å². The van der Waals surface area contributed by atoms with Gasteiger partial charge in [-0.1, -0.05) is 91.2 Å². The van der Waals surface area contributed by atoms with Crippen LogP contribution in [0.15, 0.2) is 79.0 Å². The highest BCUT2D eigenvalue weighted by Crippen LogP contribution is 2.26. The number of carbonyl (C=O) groups excluding carboxylic acids is 2. The maximum absolute atomic E-state index is 12.0. The number of hydrogen-bond donors (Lipinski definition) is 3. The molecule has 5 rings (SSSR count). The van der Waals surface area contributed by atoms with Crippen LogP contribution in [0.1, 0.15) is 51.0 Å². The van der Waals surface area contributed by atoms with Crippen molar-refractivity contribution in [1.82, 2.24) is 20.3 Å². The SMILES string of the molecule is CC(=O)NC1C(OCCCCCCCC(=O)OCc2ccccc2)OC(Cn2cc(-c3ccc4ccccc4c3)nn2)C(O)C1O. The zero-order chi connectivity index (χ0) is 32.3. The van der Waals surface area contributed by atoms with E-state index in [0.29, 0.717) is 18.7 Å². The van der Waals surface area contributed by atoms with Crippen molar-refractivity contribution >= 4 is 22.6 Å². The Hall–Kier alpha value is -4.16. The van der Waals surface area contributed by atoms with Crippen LogP contribution in [0.25, 0.3) is 22.0 Å². The lowest BCUT2D eigenvalue weighted by atomic mass is 9.96. The highest BCUT2D eigenvalue weighted by Gasteiger charge is 2.45. The average Bonchev–Trinajstić information content (AvgIpc) is 3.54. The van der Waals surface area contributed by atoms with Crippen LogP contribution in [-0.2, 0) is 37.0 Å². The molecule has 1 aliphatic rings. The molecule has 1 amide bonds. The first-order chi connectivity index (χ1) is 22.4. The summed E-state index contributed by atoms with van der Waals surface area (Å²) >= 11 is 0. The van der Waals surface area contributed by atoms with E-state index in [4.69, 9.17) is 14.2 Å². The topological polar surface area (TPSA) is 145 Å². The van der Waals surface area contributed by atoms with Gasteiger partial charge >= 0.3 is 5.97 Å². The summed E-state index contributed by atoms with van der Waals surface area (Å²) in [4.78, 5) is 23.9. The molecule has 1 aromatic heterocycles. The summed E-state index contributed by atoms with van der Waals surface area (Å²) in [5, 5.41) is 35.2. The molecule has 2 heterocycles. The lowest BCUT2D eigenvalue weighted by Crippen LogP contribution is -2.64. The Balaban J connectivity index is 1.07. The van der Waals surface area contributed by atoms with Crippen LogP contribution >= 0.6 is 0 Å². The van der Waals surface area contributed by atoms with Crippen LogP contribution in [0.5, 0.6) is 0 Å². The highest BCUT2D eigenvalue weighted by atomic mass is 16.7. The van der Waals surface area contributed by atoms with Crippen molar-refractivity contribution in [2.24, 2.45) is 0 Å². The zero-order valence-electron chi connectivity index (χ0n) is 26.0. The molecule has 46 heavy (non-hydrogen) atoms. The molecule has 0 aliphatic carbocycles. The Bertz CT molecular complexity index is 1560.